The number of hydrogen-bond acceptors (Lipinski definition) is 3. The third-order valence-electron chi connectivity index (χ3n) is 2.79. The lowest BCUT2D eigenvalue weighted by atomic mass is 9.93. The van der Waals surface area contributed by atoms with Gasteiger partial charge in [-0.3, -0.25) is 15.0 Å². The lowest BCUT2D eigenvalue weighted by Crippen LogP contribution is -2.16. The van der Waals surface area contributed by atoms with Crippen LogP contribution in [0.4, 0.5) is 0 Å². The Labute approximate surface area is 113 Å². The molecule has 0 aliphatic carbocycles. The summed E-state index contributed by atoms with van der Waals surface area (Å²) in [7, 11) is 0. The molecule has 0 radical (unpaired) electrons. The van der Waals surface area contributed by atoms with Gasteiger partial charge < -0.3 is 5.73 Å². The van der Waals surface area contributed by atoms with Gasteiger partial charge in [-0.25, -0.2) is 0 Å². The number of rotatable bonds is 6. The van der Waals surface area contributed by atoms with E-state index in [2.05, 4.69) is 13.8 Å². The fraction of sp³-hybridized carbons (Fsp3) is 0.400. The molecule has 19 heavy (non-hydrogen) atoms. The highest BCUT2D eigenvalue weighted by Gasteiger charge is 2.14. The first-order valence-corrected chi connectivity index (χ1v) is 6.31. The molecule has 4 nitrogen and oxygen atoms in total. The number of amidine groups is 1. The van der Waals surface area contributed by atoms with Crippen LogP contribution in [-0.2, 0) is 6.42 Å². The summed E-state index contributed by atoms with van der Waals surface area (Å²) in [5.41, 5.74) is 7.20. The van der Waals surface area contributed by atoms with E-state index in [-0.39, 0.29) is 23.8 Å². The zero-order valence-corrected chi connectivity index (χ0v) is 11.6. The zero-order chi connectivity index (χ0) is 14.6. The molecule has 0 saturated carbocycles. The molecule has 0 aliphatic heterocycles. The van der Waals surface area contributed by atoms with E-state index in [0.29, 0.717) is 17.0 Å². The van der Waals surface area contributed by atoms with Gasteiger partial charge >= 0.3 is 0 Å². The number of hydrogen-bond donors (Lipinski definition) is 2. The molecule has 0 fully saturated rings. The van der Waals surface area contributed by atoms with Gasteiger partial charge in [-0.2, -0.15) is 0 Å². The Morgan fingerprint density at radius 2 is 1.95 bits per heavy atom. The lowest BCUT2D eigenvalue weighted by molar-refractivity contribution is 0.1000. The highest BCUT2D eigenvalue weighted by molar-refractivity contribution is 6.09. The highest BCUT2D eigenvalue weighted by atomic mass is 16.1. The Bertz CT molecular complexity index is 519. The van der Waals surface area contributed by atoms with E-state index in [1.807, 2.05) is 6.07 Å². The second kappa shape index (κ2) is 6.27. The minimum Gasteiger partial charge on any atom is -0.387 e. The van der Waals surface area contributed by atoms with Crippen molar-refractivity contribution in [2.24, 2.45) is 11.7 Å². The van der Waals surface area contributed by atoms with Crippen LogP contribution in [-0.4, -0.2) is 17.4 Å². The van der Waals surface area contributed by atoms with Gasteiger partial charge in [-0.05, 0) is 30.9 Å². The van der Waals surface area contributed by atoms with Gasteiger partial charge in [0, 0.05) is 11.1 Å². The molecule has 3 N–H and O–H groups in total. The first kappa shape index (κ1) is 15.1. The number of ketones is 2. The fourth-order valence-corrected chi connectivity index (χ4v) is 1.97. The molecule has 1 rings (SSSR count). The van der Waals surface area contributed by atoms with Gasteiger partial charge in [0.15, 0.2) is 11.6 Å². The average Bonchev–Trinajstić information content (AvgIpc) is 2.27. The van der Waals surface area contributed by atoms with Crippen molar-refractivity contribution in [2.45, 2.75) is 33.6 Å². The molecule has 0 bridgehead atoms. The Balaban J connectivity index is 3.12. The predicted molar refractivity (Wildman–Crippen MR) is 75.9 cm³/mol. The summed E-state index contributed by atoms with van der Waals surface area (Å²) in [4.78, 5) is 23.5. The number of Topliss-reactive ketones (excluding diaryl/α,β-unsaturated/α-hetero) is 2. The molecule has 0 heterocycles. The van der Waals surface area contributed by atoms with Crippen LogP contribution >= 0.6 is 0 Å². The summed E-state index contributed by atoms with van der Waals surface area (Å²) in [6.45, 7) is 5.66. The van der Waals surface area contributed by atoms with Crippen molar-refractivity contribution in [2.75, 3.05) is 0 Å². The van der Waals surface area contributed by atoms with Gasteiger partial charge in [0.25, 0.3) is 0 Å². The minimum absolute atomic E-state index is 0.0480. The molecule has 102 valence electrons. The summed E-state index contributed by atoms with van der Waals surface area (Å²) in [5.74, 6) is -0.00303. The quantitative estimate of drug-likeness (QED) is 0.468. The molecule has 0 amide bonds. The first-order chi connectivity index (χ1) is 8.81. The number of benzene rings is 1. The number of nitrogens with one attached hydrogen (secondary N) is 1. The van der Waals surface area contributed by atoms with Crippen LogP contribution in [0.5, 0.6) is 0 Å². The molecule has 0 spiro atoms. The molecule has 0 saturated heterocycles. The maximum Gasteiger partial charge on any atom is 0.170 e. The summed E-state index contributed by atoms with van der Waals surface area (Å²) >= 11 is 0. The maximum absolute atomic E-state index is 11.8. The third-order valence-corrected chi connectivity index (χ3v) is 2.79. The summed E-state index contributed by atoms with van der Waals surface area (Å²) < 4.78 is 0. The molecule has 0 aromatic heterocycles. The summed E-state index contributed by atoms with van der Waals surface area (Å²) in [6, 6.07) is 5.14. The van der Waals surface area contributed by atoms with E-state index < -0.39 is 0 Å². The highest BCUT2D eigenvalue weighted by Crippen LogP contribution is 2.18. The van der Waals surface area contributed by atoms with Crippen LogP contribution < -0.4 is 5.73 Å². The van der Waals surface area contributed by atoms with Gasteiger partial charge in [-0.1, -0.05) is 26.0 Å². The van der Waals surface area contributed by atoms with Crippen molar-refractivity contribution in [3.8, 4) is 0 Å². The van der Waals surface area contributed by atoms with Crippen molar-refractivity contribution >= 4 is 17.4 Å². The van der Waals surface area contributed by atoms with Crippen molar-refractivity contribution in [1.82, 2.24) is 0 Å². The molecular weight excluding hydrogens is 240 g/mol. The minimum atomic E-state index is -0.230. The van der Waals surface area contributed by atoms with Crippen molar-refractivity contribution in [3.05, 3.63) is 34.9 Å². The standard InChI is InChI=1S/C15H20N2O2/c1-9(2)6-11-4-5-12(7-13(11)10(3)18)14(19)8-15(16)17/h4-5,7,9H,6,8H2,1-3H3,(H3,16,17). The molecule has 1 aromatic carbocycles. The van der Waals surface area contributed by atoms with Gasteiger partial charge in [-0.15, -0.1) is 0 Å². The van der Waals surface area contributed by atoms with Crippen LogP contribution in [0.3, 0.4) is 0 Å². The molecule has 0 aliphatic rings. The van der Waals surface area contributed by atoms with Crippen LogP contribution in [0.1, 0.15) is 53.5 Å². The number of carbonyl (C=O) groups is 2. The zero-order valence-electron chi connectivity index (χ0n) is 11.6. The van der Waals surface area contributed by atoms with Crippen molar-refractivity contribution in [3.63, 3.8) is 0 Å². The lowest BCUT2D eigenvalue weighted by Gasteiger charge is -2.11. The molecule has 0 unspecified atom stereocenters. The predicted octanol–water partition coefficient (Wildman–Crippen LogP) is 2.60. The van der Waals surface area contributed by atoms with E-state index in [9.17, 15) is 9.59 Å². The number of nitrogens with two attached hydrogens (primary N) is 1. The Morgan fingerprint density at radius 1 is 1.32 bits per heavy atom. The third kappa shape index (κ3) is 4.32. The normalized spacial score (nSPS) is 10.5. The largest absolute Gasteiger partial charge is 0.387 e. The summed E-state index contributed by atoms with van der Waals surface area (Å²) in [5, 5.41) is 7.14. The molecule has 0 atom stereocenters. The van der Waals surface area contributed by atoms with Crippen LogP contribution in [0, 0.1) is 11.3 Å². The van der Waals surface area contributed by atoms with Crippen LogP contribution in [0.25, 0.3) is 0 Å². The van der Waals surface area contributed by atoms with Gasteiger partial charge in [0.1, 0.15) is 0 Å². The Hall–Kier alpha value is -1.97. The molecular formula is C15H20N2O2. The second-order valence-electron chi connectivity index (χ2n) is 5.15. The number of carbonyl (C=O) groups excluding carboxylic acids is 2. The summed E-state index contributed by atoms with van der Waals surface area (Å²) in [6.07, 6.45) is 0.691. The van der Waals surface area contributed by atoms with Crippen LogP contribution in [0.15, 0.2) is 18.2 Å². The topological polar surface area (TPSA) is 84.0 Å². The SMILES string of the molecule is CC(=O)c1cc(C(=O)CC(=N)N)ccc1CC(C)C. The second-order valence-corrected chi connectivity index (χ2v) is 5.15. The monoisotopic (exact) mass is 260 g/mol. The molecule has 1 aromatic rings. The Kier molecular flexibility index (Phi) is 4.98. The van der Waals surface area contributed by atoms with E-state index in [0.717, 1.165) is 12.0 Å². The maximum atomic E-state index is 11.8. The first-order valence-electron chi connectivity index (χ1n) is 6.31. The van der Waals surface area contributed by atoms with Crippen molar-refractivity contribution in [1.29, 1.82) is 5.41 Å². The van der Waals surface area contributed by atoms with Gasteiger partial charge in [0.2, 0.25) is 0 Å². The molecule has 4 heteroatoms. The van der Waals surface area contributed by atoms with E-state index in [1.165, 1.54) is 6.92 Å². The fourth-order valence-electron chi connectivity index (χ4n) is 1.97. The van der Waals surface area contributed by atoms with E-state index in [1.54, 1.807) is 12.1 Å². The smallest absolute Gasteiger partial charge is 0.170 e. The van der Waals surface area contributed by atoms with E-state index in [4.69, 9.17) is 11.1 Å². The van der Waals surface area contributed by atoms with Gasteiger partial charge in [0.05, 0.1) is 12.3 Å². The van der Waals surface area contributed by atoms with E-state index >= 15 is 0 Å². The van der Waals surface area contributed by atoms with Crippen molar-refractivity contribution < 1.29 is 9.59 Å². The van der Waals surface area contributed by atoms with Crippen LogP contribution in [0.2, 0.25) is 0 Å². The Morgan fingerprint density at radius 3 is 2.42 bits per heavy atom. The average molecular weight is 260 g/mol.